The molecule has 4 heteroatoms. The van der Waals surface area contributed by atoms with Crippen LogP contribution in [0.5, 0.6) is 0 Å². The smallest absolute Gasteiger partial charge is 0.222 e. The number of hydrogen-bond donors (Lipinski definition) is 2. The van der Waals surface area contributed by atoms with Crippen LogP contribution in [0.25, 0.3) is 0 Å². The van der Waals surface area contributed by atoms with Crippen molar-refractivity contribution < 1.29 is 9.69 Å². The summed E-state index contributed by atoms with van der Waals surface area (Å²) in [4.78, 5) is 11.8. The van der Waals surface area contributed by atoms with Crippen molar-refractivity contribution in [2.75, 3.05) is 7.05 Å². The first-order valence-corrected chi connectivity index (χ1v) is 4.07. The molecule has 0 aromatic heterocycles. The van der Waals surface area contributed by atoms with Gasteiger partial charge >= 0.3 is 0 Å². The zero-order valence-corrected chi connectivity index (χ0v) is 6.87. The number of hydrogen-bond acceptors (Lipinski definition) is 2. The van der Waals surface area contributed by atoms with Crippen molar-refractivity contribution in [3.63, 3.8) is 0 Å². The molecule has 1 unspecified atom stereocenters. The summed E-state index contributed by atoms with van der Waals surface area (Å²) in [5, 5.41) is 4.81. The van der Waals surface area contributed by atoms with Gasteiger partial charge in [-0.1, -0.05) is 0 Å². The summed E-state index contributed by atoms with van der Waals surface area (Å²) in [5.41, 5.74) is 0.178. The van der Waals surface area contributed by atoms with Crippen molar-refractivity contribution in [3.05, 3.63) is 11.6 Å². The molecule has 0 aliphatic carbocycles. The molecule has 0 saturated carbocycles. The van der Waals surface area contributed by atoms with E-state index in [1.807, 2.05) is 18.7 Å². The molecule has 2 atom stereocenters. The van der Waals surface area contributed by atoms with Crippen LogP contribution in [0.2, 0.25) is 0 Å². The molecule has 2 N–H and O–H groups in total. The van der Waals surface area contributed by atoms with Gasteiger partial charge in [-0.3, -0.25) is 15.0 Å². The fraction of sp³-hybridized carbons (Fsp3) is 0.500. The fourth-order valence-corrected chi connectivity index (χ4v) is 1.73. The molecule has 3 nitrogen and oxygen atoms in total. The van der Waals surface area contributed by atoms with Crippen molar-refractivity contribution in [1.82, 2.24) is 5.32 Å². The number of carbonyl (C=O) groups excluding carboxylic acids is 1. The SMILES string of the molecule is CC(=O)N[C@H]1SC=C[NH+]1C. The topological polar surface area (TPSA) is 33.5 Å². The second kappa shape index (κ2) is 3.07. The second-order valence-corrected chi connectivity index (χ2v) is 3.28. The molecule has 1 rings (SSSR count). The monoisotopic (exact) mass is 159 g/mol. The molecular weight excluding hydrogens is 148 g/mol. The number of thioether (sulfide) groups is 1. The van der Waals surface area contributed by atoms with Gasteiger partial charge in [-0.15, -0.1) is 0 Å². The van der Waals surface area contributed by atoms with Gasteiger partial charge in [0.25, 0.3) is 0 Å². The Morgan fingerprint density at radius 1 is 1.80 bits per heavy atom. The minimum Gasteiger partial charge on any atom is -0.297 e. The lowest BCUT2D eigenvalue weighted by atomic mass is 10.7. The van der Waals surface area contributed by atoms with E-state index in [1.54, 1.807) is 11.8 Å². The van der Waals surface area contributed by atoms with Crippen molar-refractivity contribution >= 4 is 17.7 Å². The number of nitrogens with one attached hydrogen (secondary N) is 2. The van der Waals surface area contributed by atoms with Crippen LogP contribution in [-0.4, -0.2) is 18.5 Å². The normalized spacial score (nSPS) is 30.6. The number of quaternary nitrogens is 1. The second-order valence-electron chi connectivity index (χ2n) is 2.26. The zero-order chi connectivity index (χ0) is 7.56. The van der Waals surface area contributed by atoms with Crippen molar-refractivity contribution in [2.24, 2.45) is 0 Å². The van der Waals surface area contributed by atoms with Crippen LogP contribution >= 0.6 is 11.8 Å². The van der Waals surface area contributed by atoms with Gasteiger partial charge in [0.15, 0.2) is 0 Å². The van der Waals surface area contributed by atoms with Crippen molar-refractivity contribution in [2.45, 2.75) is 12.4 Å². The van der Waals surface area contributed by atoms with E-state index in [0.717, 1.165) is 0 Å². The third kappa shape index (κ3) is 1.75. The van der Waals surface area contributed by atoms with E-state index in [9.17, 15) is 4.79 Å². The van der Waals surface area contributed by atoms with Crippen molar-refractivity contribution in [1.29, 1.82) is 0 Å². The summed E-state index contributed by atoms with van der Waals surface area (Å²) in [7, 11) is 2.01. The van der Waals surface area contributed by atoms with E-state index in [4.69, 9.17) is 0 Å². The summed E-state index contributed by atoms with van der Waals surface area (Å²) >= 11 is 1.63. The molecule has 0 aromatic carbocycles. The molecular formula is C6H11N2OS+. The Morgan fingerprint density at radius 2 is 2.50 bits per heavy atom. The van der Waals surface area contributed by atoms with Crippen LogP contribution in [0.1, 0.15) is 6.92 Å². The van der Waals surface area contributed by atoms with Crippen LogP contribution in [-0.2, 0) is 4.79 Å². The molecule has 56 valence electrons. The van der Waals surface area contributed by atoms with E-state index in [0.29, 0.717) is 0 Å². The Hall–Kier alpha value is -0.480. The lowest BCUT2D eigenvalue weighted by Gasteiger charge is -2.14. The van der Waals surface area contributed by atoms with E-state index in [2.05, 4.69) is 5.32 Å². The summed E-state index contributed by atoms with van der Waals surface area (Å²) in [6, 6.07) is 0. The first-order valence-electron chi connectivity index (χ1n) is 3.12. The molecule has 10 heavy (non-hydrogen) atoms. The van der Waals surface area contributed by atoms with Crippen LogP contribution in [0.15, 0.2) is 11.6 Å². The molecule has 0 saturated heterocycles. The average Bonchev–Trinajstić information content (AvgIpc) is 2.15. The van der Waals surface area contributed by atoms with Crippen LogP contribution in [0.4, 0.5) is 0 Å². The first kappa shape index (κ1) is 7.63. The molecule has 1 amide bonds. The molecule has 1 aliphatic heterocycles. The lowest BCUT2D eigenvalue weighted by molar-refractivity contribution is -0.835. The van der Waals surface area contributed by atoms with Crippen LogP contribution in [0, 0.1) is 0 Å². The van der Waals surface area contributed by atoms with Gasteiger partial charge in [0.2, 0.25) is 11.4 Å². The Labute approximate surface area is 64.5 Å². The average molecular weight is 159 g/mol. The Morgan fingerprint density at radius 3 is 2.90 bits per heavy atom. The maximum atomic E-state index is 10.6. The summed E-state index contributed by atoms with van der Waals surface area (Å²) < 4.78 is 0. The third-order valence-corrected chi connectivity index (χ3v) is 2.35. The summed E-state index contributed by atoms with van der Waals surface area (Å²) in [6.07, 6.45) is 2.02. The quantitative estimate of drug-likeness (QED) is 0.522. The predicted molar refractivity (Wildman–Crippen MR) is 41.2 cm³/mol. The third-order valence-electron chi connectivity index (χ3n) is 1.29. The van der Waals surface area contributed by atoms with Crippen molar-refractivity contribution in [3.8, 4) is 0 Å². The van der Waals surface area contributed by atoms with Gasteiger partial charge in [-0.05, 0) is 11.8 Å². The number of rotatable bonds is 1. The summed E-state index contributed by atoms with van der Waals surface area (Å²) in [5.74, 6) is 0.0283. The Kier molecular flexibility index (Phi) is 2.34. The van der Waals surface area contributed by atoms with Gasteiger partial charge in [-0.25, -0.2) is 0 Å². The van der Waals surface area contributed by atoms with Gasteiger partial charge < -0.3 is 0 Å². The highest BCUT2D eigenvalue weighted by molar-refractivity contribution is 8.02. The molecule has 0 fully saturated rings. The zero-order valence-electron chi connectivity index (χ0n) is 6.05. The highest BCUT2D eigenvalue weighted by Gasteiger charge is 2.21. The first-order chi connectivity index (χ1) is 4.70. The van der Waals surface area contributed by atoms with E-state index in [1.165, 1.54) is 11.8 Å². The van der Waals surface area contributed by atoms with Gasteiger partial charge in [0, 0.05) is 12.3 Å². The van der Waals surface area contributed by atoms with Gasteiger partial charge in [0.05, 0.1) is 7.05 Å². The molecule has 0 aromatic rings. The maximum absolute atomic E-state index is 10.6. The molecule has 1 aliphatic rings. The molecule has 0 radical (unpaired) electrons. The van der Waals surface area contributed by atoms with E-state index < -0.39 is 0 Å². The van der Waals surface area contributed by atoms with Crippen LogP contribution in [0.3, 0.4) is 0 Å². The lowest BCUT2D eigenvalue weighted by Crippen LogP contribution is -3.08. The Balaban J connectivity index is 2.37. The molecule has 0 spiro atoms. The van der Waals surface area contributed by atoms with Crippen LogP contribution < -0.4 is 10.2 Å². The van der Waals surface area contributed by atoms with Gasteiger partial charge in [0.1, 0.15) is 6.20 Å². The summed E-state index contributed by atoms with van der Waals surface area (Å²) in [6.45, 7) is 1.53. The standard InChI is InChI=1S/C6H10N2OS/c1-5(9)7-6-8(2)3-4-10-6/h3-4,6H,1-2H3,(H,7,9)/p+1/t6-/m1/s1. The van der Waals surface area contributed by atoms with E-state index >= 15 is 0 Å². The fourth-order valence-electron chi connectivity index (χ4n) is 0.752. The Bertz CT molecular complexity index is 169. The molecule has 1 heterocycles. The number of carbonyl (C=O) groups is 1. The highest BCUT2D eigenvalue weighted by atomic mass is 32.2. The van der Waals surface area contributed by atoms with Gasteiger partial charge in [-0.2, -0.15) is 0 Å². The minimum atomic E-state index is 0.0283. The maximum Gasteiger partial charge on any atom is 0.222 e. The van der Waals surface area contributed by atoms with E-state index in [-0.39, 0.29) is 11.4 Å². The predicted octanol–water partition coefficient (Wildman–Crippen LogP) is -0.861. The minimum absolute atomic E-state index is 0.0283. The largest absolute Gasteiger partial charge is 0.297 e. The number of amides is 1. The molecule has 0 bridgehead atoms. The highest BCUT2D eigenvalue weighted by Crippen LogP contribution is 2.07.